The maximum absolute atomic E-state index is 12.4. The number of ether oxygens (including phenoxy) is 1. The van der Waals surface area contributed by atoms with E-state index in [9.17, 15) is 4.79 Å². The lowest BCUT2D eigenvalue weighted by atomic mass is 10.0. The second-order valence-electron chi connectivity index (χ2n) is 5.40. The number of hydrogen-bond acceptors (Lipinski definition) is 3. The van der Waals surface area contributed by atoms with Gasteiger partial charge in [0, 0.05) is 25.6 Å². The Kier molecular flexibility index (Phi) is 5.56. The van der Waals surface area contributed by atoms with Gasteiger partial charge in [0.15, 0.2) is 0 Å². The van der Waals surface area contributed by atoms with Gasteiger partial charge in [-0.15, -0.1) is 0 Å². The van der Waals surface area contributed by atoms with Crippen molar-refractivity contribution in [3.63, 3.8) is 0 Å². The van der Waals surface area contributed by atoms with Gasteiger partial charge in [-0.05, 0) is 25.3 Å². The molecule has 0 spiro atoms. The highest BCUT2D eigenvalue weighted by Crippen LogP contribution is 2.15. The van der Waals surface area contributed by atoms with Crippen LogP contribution in [0.4, 0.5) is 0 Å². The van der Waals surface area contributed by atoms with Crippen LogP contribution in [0.2, 0.25) is 0 Å². The molecule has 1 aromatic rings. The molecule has 0 radical (unpaired) electrons. The van der Waals surface area contributed by atoms with Crippen molar-refractivity contribution in [3.05, 3.63) is 35.9 Å². The first kappa shape index (κ1) is 15.0. The van der Waals surface area contributed by atoms with Gasteiger partial charge >= 0.3 is 0 Å². The van der Waals surface area contributed by atoms with Crippen molar-refractivity contribution in [2.24, 2.45) is 11.7 Å². The van der Waals surface area contributed by atoms with Gasteiger partial charge in [0.2, 0.25) is 5.91 Å². The van der Waals surface area contributed by atoms with Crippen LogP contribution in [0.5, 0.6) is 0 Å². The van der Waals surface area contributed by atoms with E-state index in [0.29, 0.717) is 18.9 Å². The first-order chi connectivity index (χ1) is 9.70. The summed E-state index contributed by atoms with van der Waals surface area (Å²) in [6, 6.07) is 9.47. The molecule has 1 unspecified atom stereocenters. The zero-order chi connectivity index (χ0) is 14.4. The summed E-state index contributed by atoms with van der Waals surface area (Å²) in [6.07, 6.45) is 1.63. The molecule has 2 rings (SSSR count). The minimum absolute atomic E-state index is 0.0447. The molecule has 1 aliphatic rings. The van der Waals surface area contributed by atoms with Crippen LogP contribution in [0.3, 0.4) is 0 Å². The van der Waals surface area contributed by atoms with Crippen LogP contribution in [0, 0.1) is 5.92 Å². The minimum atomic E-state index is -0.459. The molecule has 0 saturated carbocycles. The predicted molar refractivity (Wildman–Crippen MR) is 79.3 cm³/mol. The summed E-state index contributed by atoms with van der Waals surface area (Å²) in [5.41, 5.74) is 7.18. The maximum atomic E-state index is 12.4. The van der Waals surface area contributed by atoms with E-state index in [1.807, 2.05) is 42.2 Å². The van der Waals surface area contributed by atoms with Gasteiger partial charge < -0.3 is 15.4 Å². The van der Waals surface area contributed by atoms with E-state index in [4.69, 9.17) is 10.5 Å². The fourth-order valence-corrected chi connectivity index (χ4v) is 2.60. The highest BCUT2D eigenvalue weighted by atomic mass is 16.5. The number of carbonyl (C=O) groups is 1. The molecule has 1 fully saturated rings. The lowest BCUT2D eigenvalue weighted by molar-refractivity contribution is -0.133. The summed E-state index contributed by atoms with van der Waals surface area (Å²) < 4.78 is 5.37. The van der Waals surface area contributed by atoms with Crippen LogP contribution < -0.4 is 5.73 Å². The molecule has 0 aromatic heterocycles. The normalized spacial score (nSPS) is 19.8. The zero-order valence-corrected chi connectivity index (χ0v) is 12.1. The SMILES string of the molecule is CCN(CC1CCOC1)C(=O)[C@H](N)Cc1ccccc1. The van der Waals surface area contributed by atoms with E-state index in [1.165, 1.54) is 0 Å². The Balaban J connectivity index is 1.89. The molecule has 1 aliphatic heterocycles. The van der Waals surface area contributed by atoms with Crippen LogP contribution in [0.25, 0.3) is 0 Å². The first-order valence-corrected chi connectivity index (χ1v) is 7.36. The molecule has 1 saturated heterocycles. The standard InChI is InChI=1S/C16H24N2O2/c1-2-18(11-14-8-9-20-12-14)16(19)15(17)10-13-6-4-3-5-7-13/h3-7,14-15H,2,8-12,17H2,1H3/t14?,15-/m1/s1. The molecule has 4 nitrogen and oxygen atoms in total. The Morgan fingerprint density at radius 3 is 2.80 bits per heavy atom. The molecule has 0 aliphatic carbocycles. The molecule has 4 heteroatoms. The van der Waals surface area contributed by atoms with Crippen molar-refractivity contribution in [3.8, 4) is 0 Å². The molecule has 20 heavy (non-hydrogen) atoms. The Morgan fingerprint density at radius 2 is 2.20 bits per heavy atom. The summed E-state index contributed by atoms with van der Waals surface area (Å²) in [4.78, 5) is 14.3. The van der Waals surface area contributed by atoms with Gasteiger partial charge in [-0.1, -0.05) is 30.3 Å². The van der Waals surface area contributed by atoms with Gasteiger partial charge in [-0.3, -0.25) is 4.79 Å². The average Bonchev–Trinajstić information content (AvgIpc) is 2.98. The predicted octanol–water partition coefficient (Wildman–Crippen LogP) is 1.44. The van der Waals surface area contributed by atoms with Gasteiger partial charge in [-0.2, -0.15) is 0 Å². The Morgan fingerprint density at radius 1 is 1.45 bits per heavy atom. The second kappa shape index (κ2) is 7.41. The number of likely N-dealkylation sites (N-methyl/N-ethyl adjacent to an activating group) is 1. The van der Waals surface area contributed by atoms with E-state index < -0.39 is 6.04 Å². The van der Waals surface area contributed by atoms with Crippen molar-refractivity contribution in [2.45, 2.75) is 25.8 Å². The fourth-order valence-electron chi connectivity index (χ4n) is 2.60. The van der Waals surface area contributed by atoms with Crippen LogP contribution in [0.15, 0.2) is 30.3 Å². The molecule has 1 amide bonds. The number of hydrogen-bond donors (Lipinski definition) is 1. The summed E-state index contributed by atoms with van der Waals surface area (Å²) in [7, 11) is 0. The summed E-state index contributed by atoms with van der Waals surface area (Å²) in [5.74, 6) is 0.506. The van der Waals surface area contributed by atoms with Crippen LogP contribution in [-0.4, -0.2) is 43.2 Å². The zero-order valence-electron chi connectivity index (χ0n) is 12.1. The third kappa shape index (κ3) is 4.05. The van der Waals surface area contributed by atoms with Crippen molar-refractivity contribution in [1.29, 1.82) is 0 Å². The van der Waals surface area contributed by atoms with Gasteiger partial charge in [0.05, 0.1) is 12.6 Å². The second-order valence-corrected chi connectivity index (χ2v) is 5.40. The molecule has 110 valence electrons. The largest absolute Gasteiger partial charge is 0.381 e. The number of nitrogens with two attached hydrogens (primary N) is 1. The van der Waals surface area contributed by atoms with Crippen LogP contribution in [-0.2, 0) is 16.0 Å². The smallest absolute Gasteiger partial charge is 0.239 e. The molecule has 0 bridgehead atoms. The van der Waals surface area contributed by atoms with Crippen LogP contribution >= 0.6 is 0 Å². The summed E-state index contributed by atoms with van der Waals surface area (Å²) in [6.45, 7) is 5.04. The Labute approximate surface area is 120 Å². The quantitative estimate of drug-likeness (QED) is 0.855. The monoisotopic (exact) mass is 276 g/mol. The van der Waals surface area contributed by atoms with E-state index >= 15 is 0 Å². The van der Waals surface area contributed by atoms with Crippen molar-refractivity contribution < 1.29 is 9.53 Å². The topological polar surface area (TPSA) is 55.6 Å². The third-order valence-corrected chi connectivity index (χ3v) is 3.81. The van der Waals surface area contributed by atoms with E-state index in [-0.39, 0.29) is 5.91 Å². The van der Waals surface area contributed by atoms with E-state index in [0.717, 1.165) is 31.7 Å². The van der Waals surface area contributed by atoms with Crippen LogP contribution in [0.1, 0.15) is 18.9 Å². The lowest BCUT2D eigenvalue weighted by Crippen LogP contribution is -2.46. The molecule has 2 N–H and O–H groups in total. The Bertz CT molecular complexity index is 416. The van der Waals surface area contributed by atoms with Gasteiger partial charge in [-0.25, -0.2) is 0 Å². The molecule has 1 heterocycles. The number of amides is 1. The first-order valence-electron chi connectivity index (χ1n) is 7.36. The highest BCUT2D eigenvalue weighted by molar-refractivity contribution is 5.82. The minimum Gasteiger partial charge on any atom is -0.381 e. The summed E-state index contributed by atoms with van der Waals surface area (Å²) in [5, 5.41) is 0. The lowest BCUT2D eigenvalue weighted by Gasteiger charge is -2.26. The number of carbonyl (C=O) groups excluding carboxylic acids is 1. The number of nitrogens with zero attached hydrogens (tertiary/aromatic N) is 1. The highest BCUT2D eigenvalue weighted by Gasteiger charge is 2.24. The van der Waals surface area contributed by atoms with Crippen molar-refractivity contribution in [1.82, 2.24) is 4.90 Å². The molecular weight excluding hydrogens is 252 g/mol. The third-order valence-electron chi connectivity index (χ3n) is 3.81. The van der Waals surface area contributed by atoms with Gasteiger partial charge in [0.1, 0.15) is 0 Å². The van der Waals surface area contributed by atoms with Crippen molar-refractivity contribution in [2.75, 3.05) is 26.3 Å². The molecular formula is C16H24N2O2. The van der Waals surface area contributed by atoms with E-state index in [2.05, 4.69) is 0 Å². The molecule has 2 atom stereocenters. The Hall–Kier alpha value is -1.39. The number of rotatable bonds is 6. The van der Waals surface area contributed by atoms with Gasteiger partial charge in [0.25, 0.3) is 0 Å². The maximum Gasteiger partial charge on any atom is 0.239 e. The summed E-state index contributed by atoms with van der Waals surface area (Å²) >= 11 is 0. The molecule has 1 aromatic carbocycles. The van der Waals surface area contributed by atoms with Crippen molar-refractivity contribution >= 4 is 5.91 Å². The van der Waals surface area contributed by atoms with E-state index in [1.54, 1.807) is 0 Å². The number of benzene rings is 1. The fraction of sp³-hybridized carbons (Fsp3) is 0.562. The average molecular weight is 276 g/mol.